The van der Waals surface area contributed by atoms with Gasteiger partial charge in [0.05, 0.1) is 5.69 Å². The number of carbonyl (C=O) groups is 1. The van der Waals surface area contributed by atoms with Gasteiger partial charge in [-0.2, -0.15) is 5.10 Å². The highest BCUT2D eigenvalue weighted by Gasteiger charge is 2.16. The van der Waals surface area contributed by atoms with Gasteiger partial charge in [0.1, 0.15) is 6.04 Å². The predicted octanol–water partition coefficient (Wildman–Crippen LogP) is 3.81. The zero-order valence-electron chi connectivity index (χ0n) is 10.5. The summed E-state index contributed by atoms with van der Waals surface area (Å²) in [7, 11) is 0. The molecule has 100 valence electrons. The Morgan fingerprint density at radius 2 is 2.26 bits per heavy atom. The van der Waals surface area contributed by atoms with Crippen LogP contribution in [0.15, 0.2) is 35.1 Å². The van der Waals surface area contributed by atoms with Crippen molar-refractivity contribution in [2.75, 3.05) is 5.32 Å². The first-order chi connectivity index (χ1) is 8.99. The van der Waals surface area contributed by atoms with Gasteiger partial charge in [0.15, 0.2) is 0 Å². The number of benzene rings is 1. The Hall–Kier alpha value is -1.33. The zero-order chi connectivity index (χ0) is 14.0. The van der Waals surface area contributed by atoms with Gasteiger partial charge in [0, 0.05) is 21.9 Å². The van der Waals surface area contributed by atoms with E-state index < -0.39 is 0 Å². The van der Waals surface area contributed by atoms with Crippen molar-refractivity contribution in [2.45, 2.75) is 19.9 Å². The summed E-state index contributed by atoms with van der Waals surface area (Å²) in [6.45, 7) is 3.69. The van der Waals surface area contributed by atoms with Crippen molar-refractivity contribution >= 4 is 39.1 Å². The lowest BCUT2D eigenvalue weighted by Crippen LogP contribution is -2.24. The smallest absolute Gasteiger partial charge is 0.248 e. The van der Waals surface area contributed by atoms with Crippen molar-refractivity contribution < 1.29 is 4.79 Å². The van der Waals surface area contributed by atoms with Crippen molar-refractivity contribution in [3.8, 4) is 0 Å². The van der Waals surface area contributed by atoms with Crippen LogP contribution in [0.2, 0.25) is 5.02 Å². The molecule has 1 aromatic heterocycles. The van der Waals surface area contributed by atoms with Crippen molar-refractivity contribution in [3.05, 3.63) is 45.7 Å². The number of hydrogen-bond acceptors (Lipinski definition) is 2. The largest absolute Gasteiger partial charge is 0.323 e. The first-order valence-corrected chi connectivity index (χ1v) is 6.92. The van der Waals surface area contributed by atoms with Crippen LogP contribution in [0.4, 0.5) is 5.69 Å². The molecule has 0 bridgehead atoms. The SMILES string of the molecule is Cc1cc(Br)c(NC(=O)C(C)n2cccn2)cc1Cl. The van der Waals surface area contributed by atoms with E-state index in [0.717, 1.165) is 10.0 Å². The highest BCUT2D eigenvalue weighted by Crippen LogP contribution is 2.29. The van der Waals surface area contributed by atoms with E-state index in [-0.39, 0.29) is 11.9 Å². The lowest BCUT2D eigenvalue weighted by Gasteiger charge is -2.14. The fourth-order valence-corrected chi connectivity index (χ4v) is 2.33. The summed E-state index contributed by atoms with van der Waals surface area (Å²) >= 11 is 9.47. The maximum absolute atomic E-state index is 12.1. The van der Waals surface area contributed by atoms with Gasteiger partial charge in [-0.25, -0.2) is 0 Å². The molecule has 6 heteroatoms. The Morgan fingerprint density at radius 3 is 2.89 bits per heavy atom. The number of nitrogens with one attached hydrogen (secondary N) is 1. The second-order valence-corrected chi connectivity index (χ2v) is 5.49. The van der Waals surface area contributed by atoms with Crippen LogP contribution in [0.25, 0.3) is 0 Å². The molecule has 0 radical (unpaired) electrons. The van der Waals surface area contributed by atoms with Gasteiger partial charge in [0.25, 0.3) is 0 Å². The summed E-state index contributed by atoms with van der Waals surface area (Å²) in [5, 5.41) is 7.50. The number of aromatic nitrogens is 2. The fourth-order valence-electron chi connectivity index (χ4n) is 1.61. The van der Waals surface area contributed by atoms with E-state index in [0.29, 0.717) is 10.7 Å². The molecular formula is C13H13BrClN3O. The summed E-state index contributed by atoms with van der Waals surface area (Å²) < 4.78 is 2.40. The van der Waals surface area contributed by atoms with Gasteiger partial charge < -0.3 is 5.32 Å². The fraction of sp³-hybridized carbons (Fsp3) is 0.231. The van der Waals surface area contributed by atoms with Gasteiger partial charge in [-0.05, 0) is 53.5 Å². The Morgan fingerprint density at radius 1 is 1.53 bits per heavy atom. The van der Waals surface area contributed by atoms with E-state index in [2.05, 4.69) is 26.3 Å². The number of rotatable bonds is 3. The van der Waals surface area contributed by atoms with Gasteiger partial charge in [-0.1, -0.05) is 11.6 Å². The molecule has 0 aliphatic carbocycles. The molecule has 1 unspecified atom stereocenters. The number of anilines is 1. The standard InChI is InChI=1S/C13H13BrClN3O/c1-8-6-10(14)12(7-11(8)15)17-13(19)9(2)18-5-3-4-16-18/h3-7,9H,1-2H3,(H,17,19). The molecule has 4 nitrogen and oxygen atoms in total. The number of hydrogen-bond donors (Lipinski definition) is 1. The lowest BCUT2D eigenvalue weighted by atomic mass is 10.2. The molecule has 1 amide bonds. The van der Waals surface area contributed by atoms with Gasteiger partial charge >= 0.3 is 0 Å². The Kier molecular flexibility index (Phi) is 4.27. The molecule has 0 fully saturated rings. The third kappa shape index (κ3) is 3.16. The van der Waals surface area contributed by atoms with E-state index >= 15 is 0 Å². The summed E-state index contributed by atoms with van der Waals surface area (Å²) in [6.07, 6.45) is 3.39. The van der Waals surface area contributed by atoms with E-state index in [1.54, 1.807) is 36.1 Å². The molecule has 0 aliphatic heterocycles. The molecule has 1 atom stereocenters. The lowest BCUT2D eigenvalue weighted by molar-refractivity contribution is -0.119. The van der Waals surface area contributed by atoms with Crippen LogP contribution >= 0.6 is 27.5 Å². The molecule has 2 aromatic rings. The third-order valence-electron chi connectivity index (χ3n) is 2.81. The van der Waals surface area contributed by atoms with Crippen LogP contribution in [-0.2, 0) is 4.79 Å². The molecule has 0 spiro atoms. The number of halogens is 2. The Bertz CT molecular complexity index is 598. The van der Waals surface area contributed by atoms with Crippen molar-refractivity contribution in [2.24, 2.45) is 0 Å². The number of aryl methyl sites for hydroxylation is 1. The number of nitrogens with zero attached hydrogens (tertiary/aromatic N) is 2. The molecular weight excluding hydrogens is 330 g/mol. The zero-order valence-corrected chi connectivity index (χ0v) is 12.9. The van der Waals surface area contributed by atoms with Crippen molar-refractivity contribution in [1.82, 2.24) is 9.78 Å². The van der Waals surface area contributed by atoms with E-state index in [1.165, 1.54) is 0 Å². The van der Waals surface area contributed by atoms with Crippen molar-refractivity contribution in [1.29, 1.82) is 0 Å². The summed E-state index contributed by atoms with van der Waals surface area (Å²) in [5.41, 5.74) is 1.60. The first-order valence-electron chi connectivity index (χ1n) is 5.74. The molecule has 1 aromatic carbocycles. The second-order valence-electron chi connectivity index (χ2n) is 4.23. The van der Waals surface area contributed by atoms with Gasteiger partial charge in [-0.15, -0.1) is 0 Å². The molecule has 19 heavy (non-hydrogen) atoms. The second kappa shape index (κ2) is 5.75. The molecule has 1 heterocycles. The minimum atomic E-state index is -0.387. The monoisotopic (exact) mass is 341 g/mol. The van der Waals surface area contributed by atoms with Crippen LogP contribution in [0.5, 0.6) is 0 Å². The summed E-state index contributed by atoms with van der Waals surface area (Å²) in [6, 6.07) is 5.00. The quantitative estimate of drug-likeness (QED) is 0.922. The first kappa shape index (κ1) is 14.1. The topological polar surface area (TPSA) is 46.9 Å². The maximum atomic E-state index is 12.1. The van der Waals surface area contributed by atoms with E-state index in [1.807, 2.05) is 13.0 Å². The number of amides is 1. The third-order valence-corrected chi connectivity index (χ3v) is 3.87. The normalized spacial score (nSPS) is 12.2. The van der Waals surface area contributed by atoms with Gasteiger partial charge in [-0.3, -0.25) is 9.48 Å². The summed E-state index contributed by atoms with van der Waals surface area (Å²) in [4.78, 5) is 12.1. The molecule has 0 saturated heterocycles. The molecule has 1 N–H and O–H groups in total. The highest BCUT2D eigenvalue weighted by atomic mass is 79.9. The predicted molar refractivity (Wildman–Crippen MR) is 79.5 cm³/mol. The van der Waals surface area contributed by atoms with Crippen molar-refractivity contribution in [3.63, 3.8) is 0 Å². The maximum Gasteiger partial charge on any atom is 0.248 e. The van der Waals surface area contributed by atoms with Crippen LogP contribution in [-0.4, -0.2) is 15.7 Å². The minimum Gasteiger partial charge on any atom is -0.323 e. The molecule has 0 saturated carbocycles. The van der Waals surface area contributed by atoms with E-state index in [4.69, 9.17) is 11.6 Å². The van der Waals surface area contributed by atoms with Crippen LogP contribution in [0.3, 0.4) is 0 Å². The highest BCUT2D eigenvalue weighted by molar-refractivity contribution is 9.10. The average molecular weight is 343 g/mol. The van der Waals surface area contributed by atoms with Crippen LogP contribution in [0, 0.1) is 6.92 Å². The summed E-state index contributed by atoms with van der Waals surface area (Å²) in [5.74, 6) is -0.149. The number of carbonyl (C=O) groups excluding carboxylic acids is 1. The average Bonchev–Trinajstić information content (AvgIpc) is 2.88. The van der Waals surface area contributed by atoms with Gasteiger partial charge in [0.2, 0.25) is 5.91 Å². The molecule has 0 aliphatic rings. The van der Waals surface area contributed by atoms with Crippen LogP contribution < -0.4 is 5.32 Å². The Labute approximate surface area is 124 Å². The Balaban J connectivity index is 2.17. The minimum absolute atomic E-state index is 0.149. The van der Waals surface area contributed by atoms with Crippen LogP contribution in [0.1, 0.15) is 18.5 Å². The van der Waals surface area contributed by atoms with E-state index in [9.17, 15) is 4.79 Å². The molecule has 2 rings (SSSR count).